The molecule has 1 aromatic heterocycles. The molecule has 0 aliphatic heterocycles. The smallest absolute Gasteiger partial charge is 0.302 e. The van der Waals surface area contributed by atoms with Gasteiger partial charge in [0.1, 0.15) is 0 Å². The van der Waals surface area contributed by atoms with Crippen molar-refractivity contribution in [1.29, 1.82) is 5.39 Å². The van der Waals surface area contributed by atoms with Gasteiger partial charge in [-0.15, -0.1) is 0 Å². The van der Waals surface area contributed by atoms with Crippen molar-refractivity contribution in [3.63, 3.8) is 0 Å². The molecule has 0 atom stereocenters. The molecule has 6 heteroatoms. The van der Waals surface area contributed by atoms with Gasteiger partial charge >= 0.3 is 5.69 Å². The van der Waals surface area contributed by atoms with Crippen LogP contribution < -0.4 is 5.32 Å². The van der Waals surface area contributed by atoms with Crippen LogP contribution in [0.2, 0.25) is 0 Å². The van der Waals surface area contributed by atoms with Crippen LogP contribution in [0.5, 0.6) is 0 Å². The number of fused-ring (bicyclic) bond motifs is 1. The number of carbonyl (C=O) groups is 1. The molecule has 0 saturated heterocycles. The van der Waals surface area contributed by atoms with E-state index < -0.39 is 0 Å². The number of rotatable bonds is 2. The molecule has 0 radical (unpaired) electrons. The Balaban J connectivity index is 1.90. The van der Waals surface area contributed by atoms with Crippen molar-refractivity contribution in [3.05, 3.63) is 23.2 Å². The molecule has 0 spiro atoms. The van der Waals surface area contributed by atoms with E-state index in [9.17, 15) is 4.79 Å². The first kappa shape index (κ1) is 10.2. The normalized spacial score (nSPS) is 14.5. The summed E-state index contributed by atoms with van der Waals surface area (Å²) in [5, 5.41) is 12.1. The predicted molar refractivity (Wildman–Crippen MR) is 65.7 cm³/mol. The van der Waals surface area contributed by atoms with E-state index in [4.69, 9.17) is 5.39 Å². The van der Waals surface area contributed by atoms with Gasteiger partial charge < -0.3 is 5.32 Å². The summed E-state index contributed by atoms with van der Waals surface area (Å²) in [6.45, 7) is 0. The Labute approximate surface area is 101 Å². The molecular weight excluding hydrogens is 236 g/mol. The van der Waals surface area contributed by atoms with Crippen molar-refractivity contribution in [2.45, 2.75) is 12.8 Å². The number of nitrogens with one attached hydrogen (secondary N) is 1. The van der Waals surface area contributed by atoms with E-state index in [1.54, 1.807) is 18.2 Å². The zero-order valence-corrected chi connectivity index (χ0v) is 9.70. The summed E-state index contributed by atoms with van der Waals surface area (Å²) in [4.78, 5) is 19.0. The number of carbonyl (C=O) groups excluding carboxylic acids is 1. The first-order valence-corrected chi connectivity index (χ1v) is 6.14. The topological polar surface area (TPSA) is 70.1 Å². The van der Waals surface area contributed by atoms with Crippen LogP contribution in [0.1, 0.15) is 12.8 Å². The average Bonchev–Trinajstić information content (AvgIpc) is 3.10. The maximum absolute atomic E-state index is 11.6. The third-order valence-electron chi connectivity index (χ3n) is 2.67. The summed E-state index contributed by atoms with van der Waals surface area (Å²) < 4.78 is 0.895. The van der Waals surface area contributed by atoms with Gasteiger partial charge in [0.25, 0.3) is 0 Å². The maximum atomic E-state index is 11.6. The quantitative estimate of drug-likeness (QED) is 0.826. The summed E-state index contributed by atoms with van der Waals surface area (Å²) in [6, 6.07) is 5.18. The van der Waals surface area contributed by atoms with Crippen molar-refractivity contribution in [2.24, 2.45) is 5.92 Å². The van der Waals surface area contributed by atoms with Gasteiger partial charge in [0.05, 0.1) is 16.3 Å². The van der Waals surface area contributed by atoms with Crippen LogP contribution in [-0.2, 0) is 4.79 Å². The van der Waals surface area contributed by atoms with Gasteiger partial charge in [0.15, 0.2) is 10.1 Å². The van der Waals surface area contributed by atoms with E-state index >= 15 is 0 Å². The Morgan fingerprint density at radius 3 is 3.06 bits per heavy atom. The average molecular weight is 245 g/mol. The van der Waals surface area contributed by atoms with Crippen LogP contribution in [0.15, 0.2) is 18.2 Å². The molecule has 1 fully saturated rings. The SMILES string of the molecule is N#[N+]c1ccc2nc(NC(=O)C3CC3)sc2c1. The molecule has 1 saturated carbocycles. The fraction of sp³-hybridized carbons (Fsp3) is 0.273. The Kier molecular flexibility index (Phi) is 2.27. The van der Waals surface area contributed by atoms with E-state index in [0.29, 0.717) is 10.8 Å². The van der Waals surface area contributed by atoms with Crippen LogP contribution in [0.3, 0.4) is 0 Å². The molecule has 3 rings (SSSR count). The first-order chi connectivity index (χ1) is 8.26. The van der Waals surface area contributed by atoms with Crippen LogP contribution in [-0.4, -0.2) is 10.9 Å². The number of anilines is 1. The number of aromatic nitrogens is 1. The number of amides is 1. The number of nitrogens with zero attached hydrogens (tertiary/aromatic N) is 3. The van der Waals surface area contributed by atoms with Crippen molar-refractivity contribution in [1.82, 2.24) is 4.98 Å². The number of benzene rings is 1. The molecule has 84 valence electrons. The molecule has 1 amide bonds. The molecule has 1 aliphatic rings. The second-order valence-electron chi connectivity index (χ2n) is 4.03. The monoisotopic (exact) mass is 245 g/mol. The minimum absolute atomic E-state index is 0.0520. The lowest BCUT2D eigenvalue weighted by molar-refractivity contribution is -0.117. The summed E-state index contributed by atoms with van der Waals surface area (Å²) in [7, 11) is 0. The molecule has 17 heavy (non-hydrogen) atoms. The highest BCUT2D eigenvalue weighted by Crippen LogP contribution is 2.33. The van der Waals surface area contributed by atoms with Gasteiger partial charge in [-0.1, -0.05) is 11.3 Å². The van der Waals surface area contributed by atoms with Gasteiger partial charge in [-0.25, -0.2) is 4.98 Å². The standard InChI is InChI=1S/C11H8N4OS/c12-15-7-3-4-8-9(5-7)17-11(13-8)14-10(16)6-1-2-6/h3-6H,1-2H2/p+1. The first-order valence-electron chi connectivity index (χ1n) is 5.33. The highest BCUT2D eigenvalue weighted by molar-refractivity contribution is 7.22. The number of hydrogen-bond acceptors (Lipinski definition) is 4. The van der Waals surface area contributed by atoms with Crippen LogP contribution in [0, 0.1) is 11.3 Å². The van der Waals surface area contributed by atoms with E-state index in [0.717, 1.165) is 23.1 Å². The zero-order chi connectivity index (χ0) is 11.8. The van der Waals surface area contributed by atoms with Crippen molar-refractivity contribution >= 4 is 38.3 Å². The Bertz CT molecular complexity index is 638. The lowest BCUT2D eigenvalue weighted by Crippen LogP contribution is -2.12. The van der Waals surface area contributed by atoms with E-state index in [1.165, 1.54) is 11.3 Å². The second kappa shape index (κ2) is 3.79. The molecule has 0 bridgehead atoms. The predicted octanol–water partition coefficient (Wildman–Crippen LogP) is 3.13. The summed E-state index contributed by atoms with van der Waals surface area (Å²) in [5.41, 5.74) is 1.29. The largest absolute Gasteiger partial charge is 0.386 e. The van der Waals surface area contributed by atoms with Crippen LogP contribution in [0.4, 0.5) is 10.8 Å². The minimum Gasteiger partial charge on any atom is -0.302 e. The summed E-state index contributed by atoms with van der Waals surface area (Å²) >= 11 is 1.39. The maximum Gasteiger partial charge on any atom is 0.386 e. The molecule has 1 aliphatic carbocycles. The molecule has 1 N–H and O–H groups in total. The Morgan fingerprint density at radius 1 is 1.53 bits per heavy atom. The van der Waals surface area contributed by atoms with Crippen molar-refractivity contribution in [2.75, 3.05) is 5.32 Å². The third kappa shape index (κ3) is 1.97. The van der Waals surface area contributed by atoms with Crippen LogP contribution >= 0.6 is 11.3 Å². The molecule has 0 unspecified atom stereocenters. The second-order valence-corrected chi connectivity index (χ2v) is 5.07. The van der Waals surface area contributed by atoms with Gasteiger partial charge in [-0.05, 0) is 18.9 Å². The summed E-state index contributed by atoms with van der Waals surface area (Å²) in [5.74, 6) is 0.223. The molecule has 1 aromatic carbocycles. The third-order valence-corrected chi connectivity index (χ3v) is 3.60. The number of thiazole rings is 1. The van der Waals surface area contributed by atoms with Gasteiger partial charge in [0.2, 0.25) is 11.3 Å². The van der Waals surface area contributed by atoms with Crippen molar-refractivity contribution < 1.29 is 4.79 Å². The van der Waals surface area contributed by atoms with Crippen LogP contribution in [0.25, 0.3) is 15.2 Å². The summed E-state index contributed by atoms with van der Waals surface area (Å²) in [6.07, 6.45) is 1.95. The number of diazo groups is 1. The number of hydrogen-bond donors (Lipinski definition) is 1. The van der Waals surface area contributed by atoms with Crippen molar-refractivity contribution in [3.8, 4) is 0 Å². The fourth-order valence-corrected chi connectivity index (χ4v) is 2.48. The minimum atomic E-state index is 0.0520. The van der Waals surface area contributed by atoms with Gasteiger partial charge in [0, 0.05) is 12.0 Å². The van der Waals surface area contributed by atoms with E-state index in [-0.39, 0.29) is 11.8 Å². The van der Waals surface area contributed by atoms with E-state index in [2.05, 4.69) is 15.3 Å². The molecule has 1 heterocycles. The zero-order valence-electron chi connectivity index (χ0n) is 8.88. The lowest BCUT2D eigenvalue weighted by Gasteiger charge is -1.96. The van der Waals surface area contributed by atoms with Gasteiger partial charge in [-0.2, -0.15) is 0 Å². The molecular formula is C11H9N4OS+. The lowest BCUT2D eigenvalue weighted by atomic mass is 10.3. The molecule has 2 aromatic rings. The fourth-order valence-electron chi connectivity index (χ4n) is 1.58. The highest BCUT2D eigenvalue weighted by Gasteiger charge is 2.30. The highest BCUT2D eigenvalue weighted by atomic mass is 32.1. The molecule has 5 nitrogen and oxygen atoms in total. The van der Waals surface area contributed by atoms with E-state index in [1.807, 2.05) is 0 Å². The Hall–Kier alpha value is -2.00. The van der Waals surface area contributed by atoms with Gasteiger partial charge in [-0.3, -0.25) is 4.79 Å². The Morgan fingerprint density at radius 2 is 2.35 bits per heavy atom.